The van der Waals surface area contributed by atoms with Gasteiger partial charge in [0.05, 0.1) is 4.90 Å². The number of anilines is 2. The normalized spacial score (nSPS) is 11.6. The van der Waals surface area contributed by atoms with Crippen LogP contribution in [0.1, 0.15) is 5.56 Å². The van der Waals surface area contributed by atoms with Gasteiger partial charge in [-0.25, -0.2) is 0 Å². The summed E-state index contributed by atoms with van der Waals surface area (Å²) >= 11 is 0. The first kappa shape index (κ1) is 11.2. The predicted molar refractivity (Wildman–Crippen MR) is 57.4 cm³/mol. The molecule has 14 heavy (non-hydrogen) atoms. The number of hydrogen-bond donors (Lipinski definition) is 3. The molecule has 0 bridgehead atoms. The van der Waals surface area contributed by atoms with Crippen LogP contribution in [0.25, 0.3) is 0 Å². The highest BCUT2D eigenvalue weighted by Gasteiger charge is 2.12. The fraction of sp³-hybridized carbons (Fsp3) is 0.143. The van der Waals surface area contributed by atoms with Gasteiger partial charge >= 0.3 is 9.15 Å². The van der Waals surface area contributed by atoms with Crippen molar-refractivity contribution < 1.29 is 13.0 Å². The molecule has 0 atom stereocenters. The van der Waals surface area contributed by atoms with E-state index in [0.29, 0.717) is 5.69 Å². The van der Waals surface area contributed by atoms with Gasteiger partial charge in [-0.3, -0.25) is 4.55 Å². The van der Waals surface area contributed by atoms with Gasteiger partial charge in [-0.2, -0.15) is 8.42 Å². The van der Waals surface area contributed by atoms with Crippen LogP contribution in [-0.2, 0) is 9.15 Å². The highest BCUT2D eigenvalue weighted by molar-refractivity contribution is 8.70. The Morgan fingerprint density at radius 1 is 1.29 bits per heavy atom. The lowest BCUT2D eigenvalue weighted by Crippen LogP contribution is -1.97. The van der Waals surface area contributed by atoms with Crippen molar-refractivity contribution in [3.05, 3.63) is 17.7 Å². The average molecular weight is 234 g/mol. The smallest absolute Gasteiger partial charge is 0.324 e. The molecule has 0 aromatic heterocycles. The van der Waals surface area contributed by atoms with Crippen molar-refractivity contribution in [3.63, 3.8) is 0 Å². The Hall–Kier alpha value is -0.920. The maximum atomic E-state index is 10.6. The Labute approximate surface area is 85.6 Å². The first-order valence-corrected chi connectivity index (χ1v) is 6.39. The first-order chi connectivity index (χ1) is 6.29. The Balaban J connectivity index is 3.17. The number of benzene rings is 1. The Morgan fingerprint density at radius 2 is 1.86 bits per heavy atom. The molecule has 78 valence electrons. The lowest BCUT2D eigenvalue weighted by Gasteiger charge is -2.06. The maximum Gasteiger partial charge on any atom is 0.324 e. The van der Waals surface area contributed by atoms with Crippen molar-refractivity contribution in [3.8, 4) is 0 Å². The molecule has 0 saturated carbocycles. The fourth-order valence-corrected chi connectivity index (χ4v) is 2.58. The van der Waals surface area contributed by atoms with Gasteiger partial charge < -0.3 is 11.5 Å². The molecule has 1 aromatic carbocycles. The van der Waals surface area contributed by atoms with E-state index in [9.17, 15) is 8.42 Å². The summed E-state index contributed by atoms with van der Waals surface area (Å²) in [5.74, 6) is 0. The van der Waals surface area contributed by atoms with Crippen molar-refractivity contribution in [2.24, 2.45) is 0 Å². The van der Waals surface area contributed by atoms with Crippen molar-refractivity contribution in [1.82, 2.24) is 0 Å². The molecule has 0 spiro atoms. The van der Waals surface area contributed by atoms with Crippen LogP contribution in [0.5, 0.6) is 0 Å². The lowest BCUT2D eigenvalue weighted by atomic mass is 10.2. The van der Waals surface area contributed by atoms with E-state index >= 15 is 0 Å². The van der Waals surface area contributed by atoms with Gasteiger partial charge in [0, 0.05) is 22.2 Å². The minimum Gasteiger partial charge on any atom is -0.398 e. The standard InChI is InChI=1S/C7H10N2O3S2/c1-4-2-6(9)7(3-5(4)8)13-14(10,11)12/h2-3H,8-9H2,1H3,(H,10,11,12). The fourth-order valence-electron chi connectivity index (χ4n) is 0.912. The van der Waals surface area contributed by atoms with Gasteiger partial charge in [-0.05, 0) is 24.6 Å². The van der Waals surface area contributed by atoms with Crippen LogP contribution in [0.4, 0.5) is 11.4 Å². The molecule has 0 amide bonds. The lowest BCUT2D eigenvalue weighted by molar-refractivity contribution is 0.503. The van der Waals surface area contributed by atoms with Gasteiger partial charge in [0.2, 0.25) is 0 Å². The zero-order valence-corrected chi connectivity index (χ0v) is 9.02. The highest BCUT2D eigenvalue weighted by Crippen LogP contribution is 2.32. The van der Waals surface area contributed by atoms with Crippen molar-refractivity contribution in [2.45, 2.75) is 11.8 Å². The molecule has 0 unspecified atom stereocenters. The van der Waals surface area contributed by atoms with E-state index in [0.717, 1.165) is 5.56 Å². The summed E-state index contributed by atoms with van der Waals surface area (Å²) in [4.78, 5) is 0.232. The SMILES string of the molecule is Cc1cc(N)c(SS(=O)(=O)O)cc1N. The Morgan fingerprint density at radius 3 is 2.36 bits per heavy atom. The summed E-state index contributed by atoms with van der Waals surface area (Å²) in [5, 5.41) is 0. The summed E-state index contributed by atoms with van der Waals surface area (Å²) < 4.78 is 29.7. The van der Waals surface area contributed by atoms with E-state index in [1.165, 1.54) is 6.07 Å². The summed E-state index contributed by atoms with van der Waals surface area (Å²) in [6, 6.07) is 2.98. The number of rotatable bonds is 2. The molecule has 0 aliphatic heterocycles. The van der Waals surface area contributed by atoms with E-state index < -0.39 is 9.15 Å². The highest BCUT2D eigenvalue weighted by atomic mass is 33.1. The minimum absolute atomic E-state index is 0.232. The van der Waals surface area contributed by atoms with E-state index in [4.69, 9.17) is 16.0 Å². The number of aryl methyl sites for hydroxylation is 1. The second kappa shape index (κ2) is 3.68. The quantitative estimate of drug-likeness (QED) is 0.401. The molecule has 7 heteroatoms. The first-order valence-electron chi connectivity index (χ1n) is 3.62. The Bertz CT molecular complexity index is 456. The Kier molecular flexibility index (Phi) is 2.93. The molecule has 5 nitrogen and oxygen atoms in total. The van der Waals surface area contributed by atoms with Gasteiger partial charge in [0.25, 0.3) is 0 Å². The van der Waals surface area contributed by atoms with Crippen LogP contribution in [0.15, 0.2) is 17.0 Å². The molecule has 0 heterocycles. The van der Waals surface area contributed by atoms with Crippen LogP contribution < -0.4 is 11.5 Å². The van der Waals surface area contributed by atoms with Crippen LogP contribution in [0.3, 0.4) is 0 Å². The number of hydrogen-bond acceptors (Lipinski definition) is 5. The molecule has 0 saturated heterocycles. The van der Waals surface area contributed by atoms with Crippen LogP contribution >= 0.6 is 10.8 Å². The van der Waals surface area contributed by atoms with Gasteiger partial charge in [0.1, 0.15) is 0 Å². The second-order valence-corrected chi connectivity index (χ2v) is 5.98. The molecular weight excluding hydrogens is 224 g/mol. The second-order valence-electron chi connectivity index (χ2n) is 2.76. The molecule has 1 aromatic rings. The monoisotopic (exact) mass is 234 g/mol. The summed E-state index contributed by atoms with van der Waals surface area (Å²) in [6.45, 7) is 1.76. The zero-order chi connectivity index (χ0) is 10.9. The molecule has 0 aliphatic rings. The third-order valence-corrected chi connectivity index (χ3v) is 3.51. The van der Waals surface area contributed by atoms with Crippen LogP contribution in [0.2, 0.25) is 0 Å². The largest absolute Gasteiger partial charge is 0.398 e. The molecular formula is C7H10N2O3S2. The third kappa shape index (κ3) is 2.79. The van der Waals surface area contributed by atoms with E-state index in [-0.39, 0.29) is 21.4 Å². The molecule has 0 fully saturated rings. The molecule has 0 aliphatic carbocycles. The van der Waals surface area contributed by atoms with E-state index in [2.05, 4.69) is 0 Å². The number of nitrogens with two attached hydrogens (primary N) is 2. The van der Waals surface area contributed by atoms with Gasteiger partial charge in [0.15, 0.2) is 0 Å². The van der Waals surface area contributed by atoms with Crippen LogP contribution in [0, 0.1) is 6.92 Å². The van der Waals surface area contributed by atoms with Crippen molar-refractivity contribution >= 4 is 31.3 Å². The van der Waals surface area contributed by atoms with Gasteiger partial charge in [-0.1, -0.05) is 0 Å². The van der Waals surface area contributed by atoms with Gasteiger partial charge in [-0.15, -0.1) is 0 Å². The third-order valence-electron chi connectivity index (χ3n) is 1.59. The molecule has 1 rings (SSSR count). The van der Waals surface area contributed by atoms with E-state index in [1.807, 2.05) is 0 Å². The summed E-state index contributed by atoms with van der Waals surface area (Å²) in [7, 11) is -3.88. The van der Waals surface area contributed by atoms with Crippen molar-refractivity contribution in [1.29, 1.82) is 0 Å². The summed E-state index contributed by atoms with van der Waals surface area (Å²) in [6.07, 6.45) is 0. The topological polar surface area (TPSA) is 106 Å². The number of nitrogen functional groups attached to an aromatic ring is 2. The predicted octanol–water partition coefficient (Wildman–Crippen LogP) is 1.05. The zero-order valence-electron chi connectivity index (χ0n) is 7.39. The van der Waals surface area contributed by atoms with Crippen LogP contribution in [-0.4, -0.2) is 13.0 Å². The average Bonchev–Trinajstić information content (AvgIpc) is 1.97. The maximum absolute atomic E-state index is 10.6. The molecule has 5 N–H and O–H groups in total. The minimum atomic E-state index is -4.15. The van der Waals surface area contributed by atoms with Crippen molar-refractivity contribution in [2.75, 3.05) is 11.5 Å². The molecule has 0 radical (unpaired) electrons. The summed E-state index contributed by atoms with van der Waals surface area (Å²) in [5.41, 5.74) is 12.6. The van der Waals surface area contributed by atoms with E-state index in [1.54, 1.807) is 13.0 Å².